The van der Waals surface area contributed by atoms with Gasteiger partial charge in [0.25, 0.3) is 0 Å². The minimum Gasteiger partial charge on any atom is -0.350 e. The maximum absolute atomic E-state index is 4.37. The smallest absolute Gasteiger partial charge is 0.191 e. The van der Waals surface area contributed by atoms with Crippen molar-refractivity contribution in [3.63, 3.8) is 0 Å². The van der Waals surface area contributed by atoms with E-state index in [0.717, 1.165) is 22.4 Å². The third-order valence-electron chi connectivity index (χ3n) is 2.47. The van der Waals surface area contributed by atoms with Crippen LogP contribution in [0.15, 0.2) is 22.8 Å². The van der Waals surface area contributed by atoms with E-state index in [2.05, 4.69) is 32.5 Å². The molecule has 0 fully saturated rings. The minimum absolute atomic E-state index is 0. The Morgan fingerprint density at radius 3 is 2.55 bits per heavy atom. The highest BCUT2D eigenvalue weighted by Gasteiger charge is 2.03. The first-order chi connectivity index (χ1) is 9.31. The van der Waals surface area contributed by atoms with Crippen molar-refractivity contribution in [2.75, 3.05) is 7.05 Å². The molecule has 2 aromatic rings. The Balaban J connectivity index is 0.00000200. The molecule has 0 atom stereocenters. The number of guanidine groups is 1. The first kappa shape index (κ1) is 17.3. The molecule has 2 rings (SSSR count). The number of thiazole rings is 2. The van der Waals surface area contributed by atoms with Crippen LogP contribution in [-0.2, 0) is 19.5 Å². The van der Waals surface area contributed by atoms with Gasteiger partial charge in [0.2, 0.25) is 0 Å². The molecule has 0 aliphatic rings. The molecule has 0 aliphatic heterocycles. The summed E-state index contributed by atoms with van der Waals surface area (Å²) < 4.78 is 0. The van der Waals surface area contributed by atoms with Crippen LogP contribution in [0, 0.1) is 0 Å². The molecule has 0 radical (unpaired) electrons. The summed E-state index contributed by atoms with van der Waals surface area (Å²) in [7, 11) is 1.76. The molecule has 2 N–H and O–H groups in total. The van der Waals surface area contributed by atoms with Crippen molar-refractivity contribution in [1.29, 1.82) is 0 Å². The molecular formula is C12H18IN5S2. The second kappa shape index (κ2) is 9.24. The van der Waals surface area contributed by atoms with E-state index in [1.54, 1.807) is 35.9 Å². The minimum atomic E-state index is 0. The number of halogens is 1. The second-order valence-electron chi connectivity index (χ2n) is 3.78. The van der Waals surface area contributed by atoms with Crippen LogP contribution in [0.3, 0.4) is 0 Å². The summed E-state index contributed by atoms with van der Waals surface area (Å²) >= 11 is 3.36. The summed E-state index contributed by atoms with van der Waals surface area (Å²) in [5.41, 5.74) is 0. The summed E-state index contributed by atoms with van der Waals surface area (Å²) in [6.45, 7) is 3.52. The largest absolute Gasteiger partial charge is 0.350 e. The first-order valence-corrected chi connectivity index (χ1v) is 7.78. The third kappa shape index (κ3) is 5.33. The lowest BCUT2D eigenvalue weighted by Gasteiger charge is -2.09. The number of hydrogen-bond donors (Lipinski definition) is 2. The van der Waals surface area contributed by atoms with E-state index >= 15 is 0 Å². The average Bonchev–Trinajstić information content (AvgIpc) is 3.10. The number of aromatic nitrogens is 2. The van der Waals surface area contributed by atoms with E-state index in [0.29, 0.717) is 13.1 Å². The number of rotatable bonds is 5. The molecule has 2 aromatic heterocycles. The molecule has 5 nitrogen and oxygen atoms in total. The zero-order valence-electron chi connectivity index (χ0n) is 11.4. The van der Waals surface area contributed by atoms with Crippen molar-refractivity contribution in [1.82, 2.24) is 20.6 Å². The van der Waals surface area contributed by atoms with Crippen LogP contribution >= 0.6 is 46.7 Å². The molecular weight excluding hydrogens is 405 g/mol. The van der Waals surface area contributed by atoms with Gasteiger partial charge < -0.3 is 10.6 Å². The van der Waals surface area contributed by atoms with Gasteiger partial charge in [-0.2, -0.15) is 0 Å². The third-order valence-corrected chi connectivity index (χ3v) is 4.39. The summed E-state index contributed by atoms with van der Waals surface area (Å²) in [5, 5.41) is 10.6. The summed E-state index contributed by atoms with van der Waals surface area (Å²) in [5.74, 6) is 0.767. The molecule has 0 amide bonds. The second-order valence-corrected chi connectivity index (χ2v) is 5.96. The monoisotopic (exact) mass is 423 g/mol. The Hall–Kier alpha value is -0.740. The number of aryl methyl sites for hydroxylation is 1. The van der Waals surface area contributed by atoms with Crippen molar-refractivity contribution < 1.29 is 0 Å². The molecule has 0 bridgehead atoms. The zero-order valence-corrected chi connectivity index (χ0v) is 15.4. The SMILES string of the molecule is CCc1cnc(CNC(=NC)NCc2nccs2)s1.I. The lowest BCUT2D eigenvalue weighted by molar-refractivity contribution is 0.801. The number of nitrogens with one attached hydrogen (secondary N) is 2. The highest BCUT2D eigenvalue weighted by Crippen LogP contribution is 2.12. The predicted octanol–water partition coefficient (Wildman–Crippen LogP) is 2.65. The van der Waals surface area contributed by atoms with E-state index in [1.807, 2.05) is 11.6 Å². The first-order valence-electron chi connectivity index (χ1n) is 6.08. The summed E-state index contributed by atoms with van der Waals surface area (Å²) in [6.07, 6.45) is 4.78. The van der Waals surface area contributed by atoms with Gasteiger partial charge in [-0.25, -0.2) is 9.97 Å². The van der Waals surface area contributed by atoms with E-state index < -0.39 is 0 Å². The van der Waals surface area contributed by atoms with Gasteiger partial charge >= 0.3 is 0 Å². The van der Waals surface area contributed by atoms with E-state index in [9.17, 15) is 0 Å². The Labute approximate surface area is 144 Å². The highest BCUT2D eigenvalue weighted by molar-refractivity contribution is 14.0. The Kier molecular flexibility index (Phi) is 8.00. The van der Waals surface area contributed by atoms with Gasteiger partial charge in [-0.15, -0.1) is 46.7 Å². The van der Waals surface area contributed by atoms with Crippen molar-refractivity contribution in [2.24, 2.45) is 4.99 Å². The van der Waals surface area contributed by atoms with Gasteiger partial charge in [-0.1, -0.05) is 6.92 Å². The lowest BCUT2D eigenvalue weighted by Crippen LogP contribution is -2.36. The Morgan fingerprint density at radius 2 is 2.00 bits per heavy atom. The molecule has 110 valence electrons. The van der Waals surface area contributed by atoms with Crippen LogP contribution in [0.4, 0.5) is 0 Å². The number of aliphatic imine (C=N–C) groups is 1. The van der Waals surface area contributed by atoms with E-state index in [4.69, 9.17) is 0 Å². The van der Waals surface area contributed by atoms with Gasteiger partial charge in [0.15, 0.2) is 5.96 Å². The lowest BCUT2D eigenvalue weighted by atomic mass is 10.4. The standard InChI is InChI=1S/C12H17N5S2.HI/c1-3-9-6-15-11(19-9)8-17-12(13-2)16-7-10-14-4-5-18-10;/h4-6H,3,7-8H2,1-2H3,(H2,13,16,17);1H. The quantitative estimate of drug-likeness (QED) is 0.441. The van der Waals surface area contributed by atoms with Crippen LogP contribution in [0.5, 0.6) is 0 Å². The predicted molar refractivity (Wildman–Crippen MR) is 96.1 cm³/mol. The molecule has 0 unspecified atom stereocenters. The molecule has 20 heavy (non-hydrogen) atoms. The van der Waals surface area contributed by atoms with E-state index in [-0.39, 0.29) is 24.0 Å². The van der Waals surface area contributed by atoms with Gasteiger partial charge in [0.05, 0.1) is 13.1 Å². The normalized spacial score (nSPS) is 11.0. The summed E-state index contributed by atoms with van der Waals surface area (Å²) in [6, 6.07) is 0. The fourth-order valence-electron chi connectivity index (χ4n) is 1.47. The van der Waals surface area contributed by atoms with Crippen LogP contribution in [0.2, 0.25) is 0 Å². The molecule has 0 saturated heterocycles. The topological polar surface area (TPSA) is 62.2 Å². The Bertz CT molecular complexity index is 524. The van der Waals surface area contributed by atoms with Crippen molar-refractivity contribution in [3.05, 3.63) is 32.7 Å². The van der Waals surface area contributed by atoms with Gasteiger partial charge in [-0.3, -0.25) is 4.99 Å². The van der Waals surface area contributed by atoms with Crippen molar-refractivity contribution in [3.8, 4) is 0 Å². The van der Waals surface area contributed by atoms with Crippen molar-refractivity contribution in [2.45, 2.75) is 26.4 Å². The van der Waals surface area contributed by atoms with Gasteiger partial charge in [0.1, 0.15) is 10.0 Å². The van der Waals surface area contributed by atoms with Gasteiger partial charge in [-0.05, 0) is 6.42 Å². The maximum Gasteiger partial charge on any atom is 0.191 e. The highest BCUT2D eigenvalue weighted by atomic mass is 127. The summed E-state index contributed by atoms with van der Waals surface area (Å²) in [4.78, 5) is 14.1. The Morgan fingerprint density at radius 1 is 1.25 bits per heavy atom. The fourth-order valence-corrected chi connectivity index (χ4v) is 2.83. The van der Waals surface area contributed by atoms with Crippen LogP contribution < -0.4 is 10.6 Å². The zero-order chi connectivity index (χ0) is 13.5. The molecule has 0 aromatic carbocycles. The number of nitrogens with zero attached hydrogens (tertiary/aromatic N) is 3. The van der Waals surface area contributed by atoms with Crippen molar-refractivity contribution >= 4 is 52.6 Å². The van der Waals surface area contributed by atoms with Crippen LogP contribution in [0.25, 0.3) is 0 Å². The molecule has 0 saturated carbocycles. The van der Waals surface area contributed by atoms with E-state index in [1.165, 1.54) is 4.88 Å². The van der Waals surface area contributed by atoms with Crippen LogP contribution in [0.1, 0.15) is 21.8 Å². The van der Waals surface area contributed by atoms with Crippen LogP contribution in [-0.4, -0.2) is 23.0 Å². The molecule has 0 spiro atoms. The average molecular weight is 423 g/mol. The number of hydrogen-bond acceptors (Lipinski definition) is 5. The molecule has 0 aliphatic carbocycles. The molecule has 2 heterocycles. The fraction of sp³-hybridized carbons (Fsp3) is 0.417. The maximum atomic E-state index is 4.37. The van der Waals surface area contributed by atoms with Gasteiger partial charge in [0, 0.05) is 29.7 Å². The molecule has 8 heteroatoms.